The fourth-order valence-electron chi connectivity index (χ4n) is 1.41. The van der Waals surface area contributed by atoms with Gasteiger partial charge in [-0.1, -0.05) is 44.2 Å². The number of rotatable bonds is 7. The zero-order valence-electron chi connectivity index (χ0n) is 10.3. The molecule has 0 heterocycles. The van der Waals surface area contributed by atoms with Gasteiger partial charge in [-0.2, -0.15) is 0 Å². The fraction of sp³-hybridized carbons (Fsp3) is 0.538. The van der Waals surface area contributed by atoms with Gasteiger partial charge in [-0.3, -0.25) is 4.90 Å². The average molecular weight is 239 g/mol. The van der Waals surface area contributed by atoms with E-state index in [4.69, 9.17) is 4.74 Å². The zero-order valence-corrected chi connectivity index (χ0v) is 11.2. The molecule has 3 heteroatoms. The maximum absolute atomic E-state index is 5.22. The Morgan fingerprint density at radius 1 is 1.25 bits per heavy atom. The first kappa shape index (κ1) is 13.6. The Balaban J connectivity index is 2.44. The Morgan fingerprint density at radius 3 is 2.50 bits per heavy atom. The average Bonchev–Trinajstić information content (AvgIpc) is 2.27. The summed E-state index contributed by atoms with van der Waals surface area (Å²) in [6, 6.07) is 10.5. The predicted molar refractivity (Wildman–Crippen MR) is 71.5 cm³/mol. The Kier molecular flexibility index (Phi) is 6.53. The second-order valence-corrected chi connectivity index (χ2v) is 5.61. The molecular weight excluding hydrogens is 218 g/mol. The molecule has 0 saturated heterocycles. The lowest BCUT2D eigenvalue weighted by molar-refractivity contribution is 0.0725. The molecule has 2 nitrogen and oxygen atoms in total. The summed E-state index contributed by atoms with van der Waals surface area (Å²) in [6.45, 7) is 6.08. The Labute approximate surface area is 103 Å². The lowest BCUT2D eigenvalue weighted by Crippen LogP contribution is -2.25. The normalized spacial score (nSPS) is 11.3. The predicted octanol–water partition coefficient (Wildman–Crippen LogP) is 3.19. The van der Waals surface area contributed by atoms with E-state index in [-0.39, 0.29) is 0 Å². The number of ether oxygens (including phenoxy) is 1. The van der Waals surface area contributed by atoms with Gasteiger partial charge >= 0.3 is 0 Å². The molecule has 1 aromatic carbocycles. The summed E-state index contributed by atoms with van der Waals surface area (Å²) in [5.74, 6) is 1.01. The smallest absolute Gasteiger partial charge is 0.0995 e. The van der Waals surface area contributed by atoms with Crippen molar-refractivity contribution in [3.63, 3.8) is 0 Å². The number of hydrogen-bond acceptors (Lipinski definition) is 3. The quantitative estimate of drug-likeness (QED) is 0.678. The monoisotopic (exact) mass is 239 g/mol. The minimum absolute atomic E-state index is 0.662. The summed E-state index contributed by atoms with van der Waals surface area (Å²) in [4.78, 5) is 2.31. The van der Waals surface area contributed by atoms with Gasteiger partial charge < -0.3 is 4.74 Å². The van der Waals surface area contributed by atoms with Crippen molar-refractivity contribution in [1.29, 1.82) is 0 Å². The summed E-state index contributed by atoms with van der Waals surface area (Å²) >= 11 is 1.94. The van der Waals surface area contributed by atoms with E-state index in [2.05, 4.69) is 43.0 Å². The zero-order chi connectivity index (χ0) is 11.8. The third kappa shape index (κ3) is 5.54. The maximum atomic E-state index is 5.22. The largest absolute Gasteiger partial charge is 0.369 e. The third-order valence-corrected chi connectivity index (χ3v) is 3.33. The Hall–Kier alpha value is -0.510. The molecule has 0 fully saturated rings. The van der Waals surface area contributed by atoms with Crippen LogP contribution in [0.25, 0.3) is 0 Å². The van der Waals surface area contributed by atoms with Crippen LogP contribution >= 0.6 is 11.8 Å². The summed E-state index contributed by atoms with van der Waals surface area (Å²) in [5, 5.41) is 0.662. The number of benzene rings is 1. The van der Waals surface area contributed by atoms with Crippen molar-refractivity contribution in [1.82, 2.24) is 4.90 Å². The minimum Gasteiger partial charge on any atom is -0.369 e. The van der Waals surface area contributed by atoms with Crippen LogP contribution in [0, 0.1) is 0 Å². The van der Waals surface area contributed by atoms with Crippen LogP contribution in [0.4, 0.5) is 0 Å². The van der Waals surface area contributed by atoms with Gasteiger partial charge in [-0.15, -0.1) is 11.8 Å². The summed E-state index contributed by atoms with van der Waals surface area (Å²) in [6.07, 6.45) is 0. The molecule has 0 aliphatic heterocycles. The SMILES string of the molecule is COCN(CSC(C)C)Cc1ccccc1. The van der Waals surface area contributed by atoms with Gasteiger partial charge in [0.25, 0.3) is 0 Å². The van der Waals surface area contributed by atoms with Crippen molar-refractivity contribution in [2.75, 3.05) is 19.7 Å². The number of hydrogen-bond donors (Lipinski definition) is 0. The van der Waals surface area contributed by atoms with E-state index < -0.39 is 0 Å². The molecule has 16 heavy (non-hydrogen) atoms. The molecule has 90 valence electrons. The summed E-state index contributed by atoms with van der Waals surface area (Å²) < 4.78 is 5.22. The van der Waals surface area contributed by atoms with Gasteiger partial charge in [-0.05, 0) is 5.56 Å². The van der Waals surface area contributed by atoms with Crippen molar-refractivity contribution in [3.8, 4) is 0 Å². The molecule has 0 saturated carbocycles. The molecule has 0 N–H and O–H groups in total. The maximum Gasteiger partial charge on any atom is 0.0995 e. The van der Waals surface area contributed by atoms with E-state index in [1.54, 1.807) is 7.11 Å². The van der Waals surface area contributed by atoms with Crippen molar-refractivity contribution in [2.45, 2.75) is 25.6 Å². The van der Waals surface area contributed by atoms with Crippen LogP contribution in [0.5, 0.6) is 0 Å². The van der Waals surface area contributed by atoms with Crippen LogP contribution < -0.4 is 0 Å². The molecule has 0 aliphatic carbocycles. The van der Waals surface area contributed by atoms with Crippen LogP contribution in [-0.2, 0) is 11.3 Å². The molecule has 0 spiro atoms. The van der Waals surface area contributed by atoms with Gasteiger partial charge in [0.05, 0.1) is 6.73 Å². The van der Waals surface area contributed by atoms with E-state index in [0.717, 1.165) is 12.4 Å². The first-order chi connectivity index (χ1) is 7.72. The highest BCUT2D eigenvalue weighted by Gasteiger charge is 2.06. The first-order valence-electron chi connectivity index (χ1n) is 5.59. The standard InChI is InChI=1S/C13H21NOS/c1-12(2)16-11-14(10-15-3)9-13-7-5-4-6-8-13/h4-8,12H,9-11H2,1-3H3. The third-order valence-electron chi connectivity index (χ3n) is 2.15. The highest BCUT2D eigenvalue weighted by atomic mass is 32.2. The van der Waals surface area contributed by atoms with E-state index >= 15 is 0 Å². The molecule has 0 amide bonds. The topological polar surface area (TPSA) is 12.5 Å². The van der Waals surface area contributed by atoms with E-state index in [9.17, 15) is 0 Å². The molecule has 0 unspecified atom stereocenters. The lowest BCUT2D eigenvalue weighted by Gasteiger charge is -2.21. The lowest BCUT2D eigenvalue weighted by atomic mass is 10.2. The van der Waals surface area contributed by atoms with Crippen molar-refractivity contribution >= 4 is 11.8 Å². The van der Waals surface area contributed by atoms with E-state index in [1.807, 2.05) is 17.8 Å². The summed E-state index contributed by atoms with van der Waals surface area (Å²) in [5.41, 5.74) is 1.34. The molecule has 0 atom stereocenters. The fourth-order valence-corrected chi connectivity index (χ4v) is 2.08. The van der Waals surface area contributed by atoms with Gasteiger partial charge in [0.15, 0.2) is 0 Å². The second kappa shape index (κ2) is 7.71. The molecule has 0 radical (unpaired) electrons. The highest BCUT2D eigenvalue weighted by Crippen LogP contribution is 2.13. The molecule has 1 aromatic rings. The van der Waals surface area contributed by atoms with Crippen LogP contribution in [0.1, 0.15) is 19.4 Å². The van der Waals surface area contributed by atoms with Gasteiger partial charge in [-0.25, -0.2) is 0 Å². The molecule has 1 rings (SSSR count). The first-order valence-corrected chi connectivity index (χ1v) is 6.64. The van der Waals surface area contributed by atoms with Crippen molar-refractivity contribution < 1.29 is 4.74 Å². The number of nitrogens with zero attached hydrogens (tertiary/aromatic N) is 1. The number of methoxy groups -OCH3 is 1. The summed E-state index contributed by atoms with van der Waals surface area (Å²) in [7, 11) is 1.75. The van der Waals surface area contributed by atoms with Crippen LogP contribution in [-0.4, -0.2) is 29.9 Å². The Morgan fingerprint density at radius 2 is 1.94 bits per heavy atom. The van der Waals surface area contributed by atoms with Crippen LogP contribution in [0.3, 0.4) is 0 Å². The number of thioether (sulfide) groups is 1. The molecular formula is C13H21NOS. The van der Waals surface area contributed by atoms with Crippen LogP contribution in [0.15, 0.2) is 30.3 Å². The highest BCUT2D eigenvalue weighted by molar-refractivity contribution is 7.99. The van der Waals surface area contributed by atoms with E-state index in [1.165, 1.54) is 5.56 Å². The second-order valence-electron chi connectivity index (χ2n) is 4.08. The van der Waals surface area contributed by atoms with Gasteiger partial charge in [0, 0.05) is 24.8 Å². The minimum atomic E-state index is 0.662. The van der Waals surface area contributed by atoms with Crippen LogP contribution in [0.2, 0.25) is 0 Å². The molecule has 0 aliphatic rings. The van der Waals surface area contributed by atoms with Crippen molar-refractivity contribution in [3.05, 3.63) is 35.9 Å². The van der Waals surface area contributed by atoms with E-state index in [0.29, 0.717) is 12.0 Å². The van der Waals surface area contributed by atoms with Gasteiger partial charge in [0.2, 0.25) is 0 Å². The Bertz CT molecular complexity index is 277. The molecule has 0 bridgehead atoms. The van der Waals surface area contributed by atoms with Gasteiger partial charge in [0.1, 0.15) is 0 Å². The molecule has 0 aromatic heterocycles. The van der Waals surface area contributed by atoms with Crippen molar-refractivity contribution in [2.24, 2.45) is 0 Å².